The molecule has 3 rings (SSSR count). The first-order valence-electron chi connectivity index (χ1n) is 6.24. The van der Waals surface area contributed by atoms with Gasteiger partial charge in [0.25, 0.3) is 0 Å². The zero-order chi connectivity index (χ0) is 15.0. The van der Waals surface area contributed by atoms with Crippen LogP contribution in [0.15, 0.2) is 36.4 Å². The van der Waals surface area contributed by atoms with Gasteiger partial charge in [-0.2, -0.15) is 0 Å². The molecule has 1 heterocycles. The van der Waals surface area contributed by atoms with Crippen molar-refractivity contribution >= 4 is 35.1 Å². The van der Waals surface area contributed by atoms with Crippen LogP contribution in [-0.4, -0.2) is 11.2 Å². The Labute approximate surface area is 130 Å². The van der Waals surface area contributed by atoms with Crippen LogP contribution in [0.1, 0.15) is 21.9 Å². The van der Waals surface area contributed by atoms with Gasteiger partial charge >= 0.3 is 6.09 Å². The molecule has 3 nitrogen and oxygen atoms in total. The molecule has 0 fully saturated rings. The molecule has 2 aromatic rings. The number of halogens is 2. The van der Waals surface area contributed by atoms with E-state index >= 15 is 0 Å². The molecule has 0 bridgehead atoms. The lowest BCUT2D eigenvalue weighted by Crippen LogP contribution is -2.09. The number of nitrogens with one attached hydrogen (secondary N) is 1. The topological polar surface area (TPSA) is 49.3 Å². The number of hydrogen-bond donors (Lipinski definition) is 2. The van der Waals surface area contributed by atoms with Crippen LogP contribution in [0.3, 0.4) is 0 Å². The van der Waals surface area contributed by atoms with Crippen molar-refractivity contribution in [2.75, 3.05) is 5.32 Å². The zero-order valence-corrected chi connectivity index (χ0v) is 12.3. The van der Waals surface area contributed by atoms with Gasteiger partial charge in [-0.3, -0.25) is 5.32 Å². The van der Waals surface area contributed by atoms with Gasteiger partial charge in [0.1, 0.15) is 5.82 Å². The Balaban J connectivity index is 2.04. The van der Waals surface area contributed by atoms with Gasteiger partial charge in [0.05, 0.1) is 5.25 Å². The highest BCUT2D eigenvalue weighted by Gasteiger charge is 2.28. The Morgan fingerprint density at radius 1 is 1.33 bits per heavy atom. The van der Waals surface area contributed by atoms with Crippen LogP contribution >= 0.6 is 23.4 Å². The summed E-state index contributed by atoms with van der Waals surface area (Å²) >= 11 is 7.78. The van der Waals surface area contributed by atoms with E-state index in [9.17, 15) is 9.18 Å². The van der Waals surface area contributed by atoms with Crippen molar-refractivity contribution in [1.29, 1.82) is 0 Å². The number of hydrogen-bond acceptors (Lipinski definition) is 2. The largest absolute Gasteiger partial charge is 0.465 e. The number of amides is 1. The smallest absolute Gasteiger partial charge is 0.409 e. The van der Waals surface area contributed by atoms with Crippen LogP contribution in [0, 0.1) is 5.82 Å². The molecule has 1 atom stereocenters. The van der Waals surface area contributed by atoms with Crippen LogP contribution in [-0.2, 0) is 5.75 Å². The molecule has 0 radical (unpaired) electrons. The third kappa shape index (κ3) is 2.71. The van der Waals surface area contributed by atoms with E-state index in [1.165, 1.54) is 12.1 Å². The van der Waals surface area contributed by atoms with Gasteiger partial charge in [-0.1, -0.05) is 23.7 Å². The SMILES string of the molecule is O=C(O)Nc1cccc2c1CSC2c1cc(F)ccc1Cl. The highest BCUT2D eigenvalue weighted by atomic mass is 35.5. The van der Waals surface area contributed by atoms with Gasteiger partial charge in [0, 0.05) is 16.5 Å². The minimum atomic E-state index is -1.10. The summed E-state index contributed by atoms with van der Waals surface area (Å²) in [6.07, 6.45) is -1.10. The van der Waals surface area contributed by atoms with Gasteiger partial charge in [-0.25, -0.2) is 9.18 Å². The van der Waals surface area contributed by atoms with Crippen LogP contribution in [0.2, 0.25) is 5.02 Å². The van der Waals surface area contributed by atoms with Gasteiger partial charge in [0.15, 0.2) is 0 Å². The molecule has 0 saturated heterocycles. The molecule has 0 spiro atoms. The number of anilines is 1. The first kappa shape index (κ1) is 14.2. The lowest BCUT2D eigenvalue weighted by molar-refractivity contribution is 0.209. The van der Waals surface area contributed by atoms with Crippen LogP contribution < -0.4 is 5.32 Å². The van der Waals surface area contributed by atoms with Crippen molar-refractivity contribution in [3.05, 3.63) is 63.9 Å². The Morgan fingerprint density at radius 2 is 2.14 bits per heavy atom. The number of carboxylic acid groups (broad SMARTS) is 1. The molecular weight excluding hydrogens is 313 g/mol. The van der Waals surface area contributed by atoms with Crippen LogP contribution in [0.5, 0.6) is 0 Å². The van der Waals surface area contributed by atoms with Crippen molar-refractivity contribution in [2.45, 2.75) is 11.0 Å². The molecule has 1 amide bonds. The fraction of sp³-hybridized carbons (Fsp3) is 0.133. The normalized spacial score (nSPS) is 16.6. The Bertz CT molecular complexity index is 723. The van der Waals surface area contributed by atoms with E-state index in [1.807, 2.05) is 6.07 Å². The first-order chi connectivity index (χ1) is 10.1. The van der Waals surface area contributed by atoms with Crippen molar-refractivity contribution in [1.82, 2.24) is 0 Å². The molecule has 2 aromatic carbocycles. The quantitative estimate of drug-likeness (QED) is 0.826. The minimum absolute atomic E-state index is 0.0845. The Hall–Kier alpha value is -1.72. The molecule has 108 valence electrons. The van der Waals surface area contributed by atoms with Gasteiger partial charge in [0.2, 0.25) is 0 Å². The molecule has 21 heavy (non-hydrogen) atoms. The molecule has 1 unspecified atom stereocenters. The predicted octanol–water partition coefficient (Wildman–Crippen LogP) is 4.91. The highest BCUT2D eigenvalue weighted by Crippen LogP contribution is 2.49. The number of thioether (sulfide) groups is 1. The molecule has 2 N–H and O–H groups in total. The molecule has 1 aliphatic rings. The van der Waals surface area contributed by atoms with Crippen LogP contribution in [0.4, 0.5) is 14.9 Å². The van der Waals surface area contributed by atoms with Crippen molar-refractivity contribution in [2.24, 2.45) is 0 Å². The number of carbonyl (C=O) groups is 1. The van der Waals surface area contributed by atoms with E-state index in [0.29, 0.717) is 22.0 Å². The maximum atomic E-state index is 13.5. The summed E-state index contributed by atoms with van der Waals surface area (Å²) in [5, 5.41) is 11.7. The monoisotopic (exact) mass is 323 g/mol. The van der Waals surface area contributed by atoms with E-state index < -0.39 is 6.09 Å². The molecule has 6 heteroatoms. The summed E-state index contributed by atoms with van der Waals surface area (Å²) in [6.45, 7) is 0. The minimum Gasteiger partial charge on any atom is -0.465 e. The highest BCUT2D eigenvalue weighted by molar-refractivity contribution is 7.99. The Morgan fingerprint density at radius 3 is 2.90 bits per heavy atom. The zero-order valence-electron chi connectivity index (χ0n) is 10.8. The summed E-state index contributed by atoms with van der Waals surface area (Å²) in [5.41, 5.74) is 3.18. The lowest BCUT2D eigenvalue weighted by Gasteiger charge is -2.14. The third-order valence-electron chi connectivity index (χ3n) is 3.37. The van der Waals surface area contributed by atoms with Crippen molar-refractivity contribution in [3.63, 3.8) is 0 Å². The standard InChI is InChI=1S/C15H11ClFNO2S/c16-12-5-4-8(17)6-10(12)14-9-2-1-3-13(18-15(19)20)11(9)7-21-14/h1-6,14,18H,7H2,(H,19,20). The summed E-state index contributed by atoms with van der Waals surface area (Å²) < 4.78 is 13.5. The maximum absolute atomic E-state index is 13.5. The fourth-order valence-corrected chi connectivity index (χ4v) is 4.19. The van der Waals surface area contributed by atoms with Gasteiger partial charge < -0.3 is 5.11 Å². The predicted molar refractivity (Wildman–Crippen MR) is 82.6 cm³/mol. The molecule has 0 saturated carbocycles. The average Bonchev–Trinajstić information content (AvgIpc) is 2.86. The molecule has 0 aromatic heterocycles. The fourth-order valence-electron chi connectivity index (χ4n) is 2.47. The van der Waals surface area contributed by atoms with Crippen LogP contribution in [0.25, 0.3) is 0 Å². The van der Waals surface area contributed by atoms with E-state index in [0.717, 1.165) is 11.1 Å². The maximum Gasteiger partial charge on any atom is 0.409 e. The summed E-state index contributed by atoms with van der Waals surface area (Å²) in [5.74, 6) is 0.326. The second kappa shape index (κ2) is 5.58. The summed E-state index contributed by atoms with van der Waals surface area (Å²) in [6, 6.07) is 9.75. The van der Waals surface area contributed by atoms with E-state index in [1.54, 1.807) is 30.0 Å². The van der Waals surface area contributed by atoms with Gasteiger partial charge in [-0.05, 0) is 41.0 Å². The van der Waals surface area contributed by atoms with Crippen molar-refractivity contribution < 1.29 is 14.3 Å². The van der Waals surface area contributed by atoms with E-state index in [2.05, 4.69) is 5.32 Å². The number of benzene rings is 2. The third-order valence-corrected chi connectivity index (χ3v) is 5.01. The van der Waals surface area contributed by atoms with Gasteiger partial charge in [-0.15, -0.1) is 11.8 Å². The second-order valence-corrected chi connectivity index (χ2v) is 6.16. The number of rotatable bonds is 2. The average molecular weight is 324 g/mol. The second-order valence-electron chi connectivity index (χ2n) is 4.66. The first-order valence-corrected chi connectivity index (χ1v) is 7.67. The Kier molecular flexibility index (Phi) is 3.78. The van der Waals surface area contributed by atoms with E-state index in [4.69, 9.17) is 16.7 Å². The molecular formula is C15H11ClFNO2S. The number of fused-ring (bicyclic) bond motifs is 1. The molecule has 1 aliphatic heterocycles. The summed E-state index contributed by atoms with van der Waals surface area (Å²) in [4.78, 5) is 10.8. The lowest BCUT2D eigenvalue weighted by atomic mass is 9.99. The van der Waals surface area contributed by atoms with E-state index in [-0.39, 0.29) is 11.1 Å². The molecule has 0 aliphatic carbocycles. The summed E-state index contributed by atoms with van der Waals surface area (Å²) in [7, 11) is 0. The van der Waals surface area contributed by atoms with Crippen molar-refractivity contribution in [3.8, 4) is 0 Å².